The maximum Gasteiger partial charge on any atom is 0.234 e. The SMILES string of the molecule is Cc1ccc(-n2nnnc2SCC(=O)Nc2ccccc2N2CCOCC2)cc1C. The monoisotopic (exact) mass is 424 g/mol. The van der Waals surface area contributed by atoms with Crippen LogP contribution >= 0.6 is 11.8 Å². The highest BCUT2D eigenvalue weighted by Crippen LogP contribution is 2.27. The maximum absolute atomic E-state index is 12.6. The average Bonchev–Trinajstić information content (AvgIpc) is 3.24. The average molecular weight is 425 g/mol. The molecule has 1 N–H and O–H groups in total. The summed E-state index contributed by atoms with van der Waals surface area (Å²) in [7, 11) is 0. The summed E-state index contributed by atoms with van der Waals surface area (Å²) in [6.07, 6.45) is 0. The van der Waals surface area contributed by atoms with Gasteiger partial charge in [0.25, 0.3) is 0 Å². The number of ether oxygens (including phenoxy) is 1. The van der Waals surface area contributed by atoms with Gasteiger partial charge in [-0.2, -0.15) is 4.68 Å². The molecule has 4 rings (SSSR count). The van der Waals surface area contributed by atoms with Crippen molar-refractivity contribution in [3.63, 3.8) is 0 Å². The number of aromatic nitrogens is 4. The van der Waals surface area contributed by atoms with Crippen LogP contribution in [0.3, 0.4) is 0 Å². The molecule has 1 aliphatic heterocycles. The second kappa shape index (κ2) is 9.27. The Hall–Kier alpha value is -2.91. The molecule has 0 aliphatic carbocycles. The lowest BCUT2D eigenvalue weighted by molar-refractivity contribution is -0.113. The van der Waals surface area contributed by atoms with Gasteiger partial charge in [-0.1, -0.05) is 30.0 Å². The molecule has 156 valence electrons. The van der Waals surface area contributed by atoms with Crippen LogP contribution in [0.2, 0.25) is 0 Å². The Balaban J connectivity index is 1.42. The largest absolute Gasteiger partial charge is 0.378 e. The molecule has 2 aromatic carbocycles. The summed E-state index contributed by atoms with van der Waals surface area (Å²) in [6, 6.07) is 13.9. The Morgan fingerprint density at radius 3 is 2.73 bits per heavy atom. The molecule has 0 radical (unpaired) electrons. The van der Waals surface area contributed by atoms with Gasteiger partial charge in [-0.25, -0.2) is 0 Å². The van der Waals surface area contributed by atoms with Crippen LogP contribution < -0.4 is 10.2 Å². The van der Waals surface area contributed by atoms with Crippen molar-refractivity contribution in [2.45, 2.75) is 19.0 Å². The lowest BCUT2D eigenvalue weighted by Crippen LogP contribution is -2.36. The molecule has 30 heavy (non-hydrogen) atoms. The summed E-state index contributed by atoms with van der Waals surface area (Å²) in [5, 5.41) is 15.5. The zero-order valence-electron chi connectivity index (χ0n) is 17.0. The first-order chi connectivity index (χ1) is 14.6. The van der Waals surface area contributed by atoms with E-state index in [1.807, 2.05) is 42.5 Å². The summed E-state index contributed by atoms with van der Waals surface area (Å²) in [6.45, 7) is 7.13. The van der Waals surface area contributed by atoms with Crippen molar-refractivity contribution in [3.05, 3.63) is 53.6 Å². The van der Waals surface area contributed by atoms with Crippen LogP contribution in [0.5, 0.6) is 0 Å². The van der Waals surface area contributed by atoms with E-state index in [-0.39, 0.29) is 11.7 Å². The van der Waals surface area contributed by atoms with E-state index < -0.39 is 0 Å². The van der Waals surface area contributed by atoms with Crippen molar-refractivity contribution in [1.29, 1.82) is 0 Å². The summed E-state index contributed by atoms with van der Waals surface area (Å²) >= 11 is 1.31. The number of para-hydroxylation sites is 2. The number of carbonyl (C=O) groups excluding carboxylic acids is 1. The van der Waals surface area contributed by atoms with Crippen molar-refractivity contribution in [1.82, 2.24) is 20.2 Å². The first kappa shape index (κ1) is 20.4. The van der Waals surface area contributed by atoms with E-state index in [0.29, 0.717) is 18.4 Å². The first-order valence-corrected chi connectivity index (χ1v) is 10.8. The Morgan fingerprint density at radius 2 is 1.93 bits per heavy atom. The first-order valence-electron chi connectivity index (χ1n) is 9.82. The van der Waals surface area contributed by atoms with Gasteiger partial charge in [0, 0.05) is 13.1 Å². The molecule has 9 heteroatoms. The highest BCUT2D eigenvalue weighted by molar-refractivity contribution is 7.99. The number of hydrogen-bond donors (Lipinski definition) is 1. The zero-order valence-corrected chi connectivity index (χ0v) is 17.9. The van der Waals surface area contributed by atoms with Crippen LogP contribution in [0.25, 0.3) is 5.69 Å². The Bertz CT molecular complexity index is 1030. The molecule has 1 saturated heterocycles. The number of nitrogens with one attached hydrogen (secondary N) is 1. The van der Waals surface area contributed by atoms with E-state index in [9.17, 15) is 4.79 Å². The summed E-state index contributed by atoms with van der Waals surface area (Å²) in [5.41, 5.74) is 5.07. The lowest BCUT2D eigenvalue weighted by Gasteiger charge is -2.30. The number of hydrogen-bond acceptors (Lipinski definition) is 7. The van der Waals surface area contributed by atoms with Crippen molar-refractivity contribution in [3.8, 4) is 5.69 Å². The fourth-order valence-electron chi connectivity index (χ4n) is 3.26. The predicted octanol–water partition coefficient (Wildman–Crippen LogP) is 2.85. The molecule has 1 aliphatic rings. The van der Waals surface area contributed by atoms with Gasteiger partial charge in [0.2, 0.25) is 11.1 Å². The van der Waals surface area contributed by atoms with Crippen LogP contribution in [0.4, 0.5) is 11.4 Å². The van der Waals surface area contributed by atoms with Crippen molar-refractivity contribution < 1.29 is 9.53 Å². The van der Waals surface area contributed by atoms with Gasteiger partial charge in [-0.15, -0.1) is 5.10 Å². The third kappa shape index (κ3) is 4.63. The second-order valence-electron chi connectivity index (χ2n) is 7.10. The second-order valence-corrected chi connectivity index (χ2v) is 8.04. The van der Waals surface area contributed by atoms with E-state index in [0.717, 1.165) is 35.7 Å². The van der Waals surface area contributed by atoms with Crippen molar-refractivity contribution in [2.24, 2.45) is 0 Å². The molecular weight excluding hydrogens is 400 g/mol. The van der Waals surface area contributed by atoms with E-state index in [2.05, 4.69) is 39.6 Å². The standard InChI is InChI=1S/C21H24N6O2S/c1-15-7-8-17(13-16(15)2)27-21(23-24-25-27)30-14-20(28)22-18-5-3-4-6-19(18)26-9-11-29-12-10-26/h3-8,13H,9-12,14H2,1-2H3,(H,22,28). The predicted molar refractivity (Wildman–Crippen MR) is 117 cm³/mol. The van der Waals surface area contributed by atoms with E-state index >= 15 is 0 Å². The molecule has 1 fully saturated rings. The quantitative estimate of drug-likeness (QED) is 0.609. The van der Waals surface area contributed by atoms with Crippen LogP contribution in [0.1, 0.15) is 11.1 Å². The van der Waals surface area contributed by atoms with Crippen molar-refractivity contribution >= 4 is 29.0 Å². The van der Waals surface area contributed by atoms with Gasteiger partial charge in [0.1, 0.15) is 0 Å². The minimum atomic E-state index is -0.102. The number of carbonyl (C=O) groups is 1. The third-order valence-electron chi connectivity index (χ3n) is 5.04. The van der Waals surface area contributed by atoms with Crippen molar-refractivity contribution in [2.75, 3.05) is 42.3 Å². The van der Waals surface area contributed by atoms with Crippen LogP contribution in [0, 0.1) is 13.8 Å². The normalized spacial score (nSPS) is 14.0. The molecule has 0 unspecified atom stereocenters. The number of benzene rings is 2. The van der Waals surface area contributed by atoms with Gasteiger partial charge >= 0.3 is 0 Å². The van der Waals surface area contributed by atoms with Gasteiger partial charge in [0.05, 0.1) is 36.0 Å². The molecule has 8 nitrogen and oxygen atoms in total. The Labute approximate surface area is 179 Å². The van der Waals surface area contributed by atoms with Crippen LogP contribution in [-0.2, 0) is 9.53 Å². The molecule has 0 bridgehead atoms. The smallest absolute Gasteiger partial charge is 0.234 e. The highest BCUT2D eigenvalue weighted by atomic mass is 32.2. The van der Waals surface area contributed by atoms with Gasteiger partial charge in [0.15, 0.2) is 0 Å². The van der Waals surface area contributed by atoms with E-state index in [4.69, 9.17) is 4.74 Å². The zero-order chi connectivity index (χ0) is 20.9. The molecule has 3 aromatic rings. The van der Waals surface area contributed by atoms with Gasteiger partial charge < -0.3 is 15.0 Å². The summed E-state index contributed by atoms with van der Waals surface area (Å²) < 4.78 is 7.09. The minimum Gasteiger partial charge on any atom is -0.378 e. The summed E-state index contributed by atoms with van der Waals surface area (Å²) in [5.74, 6) is 0.109. The minimum absolute atomic E-state index is 0.102. The number of amides is 1. The van der Waals surface area contributed by atoms with Gasteiger partial charge in [-0.3, -0.25) is 4.79 Å². The molecular formula is C21H24N6O2S. The topological polar surface area (TPSA) is 85.2 Å². The number of thioether (sulfide) groups is 1. The molecule has 0 spiro atoms. The number of aryl methyl sites for hydroxylation is 2. The van der Waals surface area contributed by atoms with Gasteiger partial charge in [-0.05, 0) is 59.7 Å². The maximum atomic E-state index is 12.6. The number of nitrogens with zero attached hydrogens (tertiary/aromatic N) is 5. The molecule has 0 atom stereocenters. The Kier molecular flexibility index (Phi) is 6.29. The van der Waals surface area contributed by atoms with E-state index in [1.165, 1.54) is 17.3 Å². The lowest BCUT2D eigenvalue weighted by atomic mass is 10.1. The number of morpholine rings is 1. The fourth-order valence-corrected chi connectivity index (χ4v) is 3.95. The summed E-state index contributed by atoms with van der Waals surface area (Å²) in [4.78, 5) is 14.9. The molecule has 2 heterocycles. The molecule has 1 amide bonds. The Morgan fingerprint density at radius 1 is 1.13 bits per heavy atom. The number of tetrazole rings is 1. The van der Waals surface area contributed by atoms with Crippen LogP contribution in [-0.4, -0.2) is 58.2 Å². The third-order valence-corrected chi connectivity index (χ3v) is 5.96. The van der Waals surface area contributed by atoms with E-state index in [1.54, 1.807) is 4.68 Å². The molecule has 1 aromatic heterocycles. The highest BCUT2D eigenvalue weighted by Gasteiger charge is 2.17. The number of anilines is 2. The fraction of sp³-hybridized carbons (Fsp3) is 0.333. The molecule has 0 saturated carbocycles. The number of rotatable bonds is 6. The van der Waals surface area contributed by atoms with Crippen LogP contribution in [0.15, 0.2) is 47.6 Å².